The van der Waals surface area contributed by atoms with Gasteiger partial charge in [-0.3, -0.25) is 4.79 Å². The normalized spacial score (nSPS) is 15.5. The SMILES string of the molecule is CC1=CC(=CN=Nc2cccc(Br)c2)C=C(C)C1=O. The Labute approximate surface area is 120 Å². The first kappa shape index (κ1) is 13.6. The lowest BCUT2D eigenvalue weighted by molar-refractivity contribution is -0.112. The number of azo groups is 1. The summed E-state index contributed by atoms with van der Waals surface area (Å²) in [7, 11) is 0. The quantitative estimate of drug-likeness (QED) is 0.716. The lowest BCUT2D eigenvalue weighted by Gasteiger charge is -2.07. The van der Waals surface area contributed by atoms with Gasteiger partial charge in [-0.25, -0.2) is 0 Å². The molecule has 1 aromatic carbocycles. The fourth-order valence-electron chi connectivity index (χ4n) is 1.76. The Morgan fingerprint density at radius 1 is 1.16 bits per heavy atom. The summed E-state index contributed by atoms with van der Waals surface area (Å²) in [6.07, 6.45) is 5.28. The Hall–Kier alpha value is -1.81. The van der Waals surface area contributed by atoms with Gasteiger partial charge < -0.3 is 0 Å². The summed E-state index contributed by atoms with van der Waals surface area (Å²) in [6.45, 7) is 3.61. The Balaban J connectivity index is 2.18. The van der Waals surface area contributed by atoms with Gasteiger partial charge in [-0.15, -0.1) is 0 Å². The third kappa shape index (κ3) is 3.58. The van der Waals surface area contributed by atoms with Crippen molar-refractivity contribution in [1.29, 1.82) is 0 Å². The number of hydrogen-bond donors (Lipinski definition) is 0. The monoisotopic (exact) mass is 316 g/mol. The topological polar surface area (TPSA) is 41.8 Å². The minimum absolute atomic E-state index is 0.0843. The molecule has 1 aromatic rings. The average molecular weight is 317 g/mol. The third-order valence-corrected chi connectivity index (χ3v) is 3.16. The van der Waals surface area contributed by atoms with E-state index in [4.69, 9.17) is 0 Å². The molecule has 0 fully saturated rings. The van der Waals surface area contributed by atoms with Crippen LogP contribution in [0.4, 0.5) is 5.69 Å². The molecular weight excluding hydrogens is 304 g/mol. The first-order chi connectivity index (χ1) is 9.06. The second-order valence-electron chi connectivity index (χ2n) is 4.31. The number of rotatable bonds is 2. The van der Waals surface area contributed by atoms with Crippen molar-refractivity contribution < 1.29 is 4.79 Å². The van der Waals surface area contributed by atoms with Crippen LogP contribution in [0.3, 0.4) is 0 Å². The first-order valence-electron chi connectivity index (χ1n) is 5.84. The number of benzene rings is 1. The van der Waals surface area contributed by atoms with Crippen LogP contribution in [0.15, 0.2) is 74.0 Å². The predicted octanol–water partition coefficient (Wildman–Crippen LogP) is 4.89. The minimum atomic E-state index is 0.0843. The Kier molecular flexibility index (Phi) is 4.22. The van der Waals surface area contributed by atoms with Crippen LogP contribution in [0.1, 0.15) is 13.8 Å². The molecule has 19 heavy (non-hydrogen) atoms. The van der Waals surface area contributed by atoms with Crippen molar-refractivity contribution in [3.05, 3.63) is 63.8 Å². The van der Waals surface area contributed by atoms with E-state index in [1.807, 2.05) is 36.4 Å². The maximum atomic E-state index is 11.6. The summed E-state index contributed by atoms with van der Waals surface area (Å²) in [5, 5.41) is 8.15. The van der Waals surface area contributed by atoms with E-state index in [0.717, 1.165) is 26.9 Å². The van der Waals surface area contributed by atoms with Gasteiger partial charge in [0.15, 0.2) is 5.78 Å². The van der Waals surface area contributed by atoms with Gasteiger partial charge in [0.25, 0.3) is 0 Å². The van der Waals surface area contributed by atoms with E-state index in [-0.39, 0.29) is 5.78 Å². The Morgan fingerprint density at radius 2 is 1.84 bits per heavy atom. The van der Waals surface area contributed by atoms with Crippen molar-refractivity contribution in [1.82, 2.24) is 0 Å². The minimum Gasteiger partial charge on any atom is -0.289 e. The summed E-state index contributed by atoms with van der Waals surface area (Å²) >= 11 is 3.38. The van der Waals surface area contributed by atoms with Crippen molar-refractivity contribution in [2.75, 3.05) is 0 Å². The summed E-state index contributed by atoms with van der Waals surface area (Å²) in [5.41, 5.74) is 3.11. The average Bonchev–Trinajstić information content (AvgIpc) is 2.36. The highest BCUT2D eigenvalue weighted by Crippen LogP contribution is 2.20. The van der Waals surface area contributed by atoms with E-state index >= 15 is 0 Å². The van der Waals surface area contributed by atoms with Crippen LogP contribution < -0.4 is 0 Å². The molecule has 2 rings (SSSR count). The highest BCUT2D eigenvalue weighted by atomic mass is 79.9. The summed E-state index contributed by atoms with van der Waals surface area (Å²) in [4.78, 5) is 11.6. The zero-order chi connectivity index (χ0) is 13.8. The Morgan fingerprint density at radius 3 is 2.47 bits per heavy atom. The summed E-state index contributed by atoms with van der Waals surface area (Å²) in [6, 6.07) is 7.59. The van der Waals surface area contributed by atoms with E-state index < -0.39 is 0 Å². The van der Waals surface area contributed by atoms with Gasteiger partial charge in [-0.2, -0.15) is 10.2 Å². The lowest BCUT2D eigenvalue weighted by atomic mass is 9.96. The van der Waals surface area contributed by atoms with Gasteiger partial charge in [0, 0.05) is 4.47 Å². The van der Waals surface area contributed by atoms with E-state index in [2.05, 4.69) is 26.2 Å². The summed E-state index contributed by atoms with van der Waals surface area (Å²) < 4.78 is 0.964. The molecule has 0 N–H and O–H groups in total. The van der Waals surface area contributed by atoms with Crippen LogP contribution in [0.5, 0.6) is 0 Å². The van der Waals surface area contributed by atoms with Crippen LogP contribution in [0.25, 0.3) is 0 Å². The standard InChI is InChI=1S/C15H13BrN2O/c1-10-6-12(7-11(2)15(10)19)9-17-18-14-5-3-4-13(16)8-14/h3-9H,1-2H3. The van der Waals surface area contributed by atoms with E-state index in [1.54, 1.807) is 20.0 Å². The van der Waals surface area contributed by atoms with Crippen molar-refractivity contribution >= 4 is 27.4 Å². The molecule has 4 heteroatoms. The van der Waals surface area contributed by atoms with E-state index in [9.17, 15) is 4.79 Å². The highest BCUT2D eigenvalue weighted by molar-refractivity contribution is 9.10. The third-order valence-electron chi connectivity index (χ3n) is 2.67. The van der Waals surface area contributed by atoms with Crippen LogP contribution in [0.2, 0.25) is 0 Å². The molecule has 0 bridgehead atoms. The molecule has 0 aliphatic heterocycles. The number of nitrogens with zero attached hydrogens (tertiary/aromatic N) is 2. The highest BCUT2D eigenvalue weighted by Gasteiger charge is 2.12. The molecule has 1 aliphatic rings. The van der Waals surface area contributed by atoms with Crippen molar-refractivity contribution in [2.45, 2.75) is 13.8 Å². The van der Waals surface area contributed by atoms with Crippen LogP contribution >= 0.6 is 15.9 Å². The smallest absolute Gasteiger partial charge is 0.184 e. The van der Waals surface area contributed by atoms with E-state index in [0.29, 0.717) is 0 Å². The van der Waals surface area contributed by atoms with Gasteiger partial charge in [0.05, 0.1) is 11.9 Å². The summed E-state index contributed by atoms with van der Waals surface area (Å²) in [5.74, 6) is 0.0843. The van der Waals surface area contributed by atoms with Crippen molar-refractivity contribution in [3.63, 3.8) is 0 Å². The van der Waals surface area contributed by atoms with E-state index in [1.165, 1.54) is 0 Å². The van der Waals surface area contributed by atoms with Crippen LogP contribution in [-0.2, 0) is 4.79 Å². The maximum absolute atomic E-state index is 11.6. The molecule has 0 unspecified atom stereocenters. The fourth-order valence-corrected chi connectivity index (χ4v) is 2.15. The number of halogens is 1. The molecule has 96 valence electrons. The predicted molar refractivity (Wildman–Crippen MR) is 79.3 cm³/mol. The van der Waals surface area contributed by atoms with Crippen molar-refractivity contribution in [2.24, 2.45) is 10.2 Å². The molecule has 0 atom stereocenters. The molecule has 0 spiro atoms. The fraction of sp³-hybridized carbons (Fsp3) is 0.133. The lowest BCUT2D eigenvalue weighted by Crippen LogP contribution is -2.05. The number of carbonyl (C=O) groups is 1. The molecule has 0 amide bonds. The molecule has 0 heterocycles. The molecule has 3 nitrogen and oxygen atoms in total. The molecular formula is C15H13BrN2O. The molecule has 0 aromatic heterocycles. The zero-order valence-corrected chi connectivity index (χ0v) is 12.3. The number of ketones is 1. The largest absolute Gasteiger partial charge is 0.289 e. The van der Waals surface area contributed by atoms with Gasteiger partial charge in [0.2, 0.25) is 0 Å². The number of hydrogen-bond acceptors (Lipinski definition) is 3. The van der Waals surface area contributed by atoms with Gasteiger partial charge >= 0.3 is 0 Å². The molecule has 1 aliphatic carbocycles. The number of allylic oxidation sites excluding steroid dienone is 5. The maximum Gasteiger partial charge on any atom is 0.184 e. The second kappa shape index (κ2) is 5.89. The van der Waals surface area contributed by atoms with Crippen LogP contribution in [0, 0.1) is 0 Å². The molecule has 0 radical (unpaired) electrons. The molecule has 0 saturated carbocycles. The van der Waals surface area contributed by atoms with Gasteiger partial charge in [0.1, 0.15) is 0 Å². The zero-order valence-electron chi connectivity index (χ0n) is 10.7. The number of carbonyl (C=O) groups excluding carboxylic acids is 1. The first-order valence-corrected chi connectivity index (χ1v) is 6.63. The number of Topliss-reactive ketones (excluding diaryl/α,β-unsaturated/α-hetero) is 1. The Bertz CT molecular complexity index is 615. The second-order valence-corrected chi connectivity index (χ2v) is 5.22. The van der Waals surface area contributed by atoms with Crippen LogP contribution in [-0.4, -0.2) is 5.78 Å². The van der Waals surface area contributed by atoms with Gasteiger partial charge in [-0.05, 0) is 60.9 Å². The molecule has 0 saturated heterocycles. The van der Waals surface area contributed by atoms with Crippen molar-refractivity contribution in [3.8, 4) is 0 Å². The van der Waals surface area contributed by atoms with Gasteiger partial charge in [-0.1, -0.05) is 22.0 Å².